The van der Waals surface area contributed by atoms with Gasteiger partial charge in [0.1, 0.15) is 6.09 Å². The van der Waals surface area contributed by atoms with Crippen molar-refractivity contribution in [2.45, 2.75) is 38.0 Å². The van der Waals surface area contributed by atoms with Crippen LogP contribution in [0.1, 0.15) is 33.1 Å². The van der Waals surface area contributed by atoms with Gasteiger partial charge in [-0.2, -0.15) is 0 Å². The Morgan fingerprint density at radius 2 is 2.27 bits per heavy atom. The number of rotatable bonds is 3. The van der Waals surface area contributed by atoms with Crippen LogP contribution in [0.15, 0.2) is 0 Å². The van der Waals surface area contributed by atoms with Crippen molar-refractivity contribution >= 4 is 27.7 Å². The third kappa shape index (κ3) is 4.04. The number of nitrogens with one attached hydrogen (secondary N) is 1. The van der Waals surface area contributed by atoms with Gasteiger partial charge < -0.3 is 15.2 Å². The van der Waals surface area contributed by atoms with E-state index in [-0.39, 0.29) is 34.4 Å². The summed E-state index contributed by atoms with van der Waals surface area (Å²) >= 11 is 0. The molecule has 1 heterocycles. The van der Waals surface area contributed by atoms with Crippen LogP contribution in [0, 0.1) is 5.92 Å². The normalized spacial score (nSPS) is 30.4. The van der Waals surface area contributed by atoms with E-state index in [9.17, 15) is 9.90 Å². The quantitative estimate of drug-likeness (QED) is 0.512. The largest absolute Gasteiger partial charge is 1.00 e. The van der Waals surface area contributed by atoms with E-state index in [2.05, 4.69) is 12.2 Å². The SMILES string of the molecule is CCC1CCSSC1(CC)NC(=O)[O-].[Na+]. The maximum Gasteiger partial charge on any atom is 1.00 e. The second-order valence-corrected chi connectivity index (χ2v) is 6.20. The van der Waals surface area contributed by atoms with Gasteiger partial charge in [-0.15, -0.1) is 0 Å². The van der Waals surface area contributed by atoms with Gasteiger partial charge in [-0.1, -0.05) is 41.9 Å². The molecular weight excluding hydrogens is 241 g/mol. The van der Waals surface area contributed by atoms with Gasteiger partial charge in [0.25, 0.3) is 0 Å². The van der Waals surface area contributed by atoms with Gasteiger partial charge in [0.2, 0.25) is 0 Å². The zero-order valence-electron chi connectivity index (χ0n) is 9.54. The smallest absolute Gasteiger partial charge is 0.530 e. The van der Waals surface area contributed by atoms with Crippen molar-refractivity contribution in [2.75, 3.05) is 5.75 Å². The van der Waals surface area contributed by atoms with Crippen LogP contribution < -0.4 is 40.0 Å². The molecular formula is C9H16NNaO2S2. The molecule has 0 aromatic rings. The Kier molecular flexibility index (Phi) is 7.80. The zero-order valence-corrected chi connectivity index (χ0v) is 13.2. The van der Waals surface area contributed by atoms with Crippen molar-refractivity contribution in [3.8, 4) is 0 Å². The van der Waals surface area contributed by atoms with Gasteiger partial charge in [-0.05, 0) is 18.8 Å². The fraction of sp³-hybridized carbons (Fsp3) is 0.889. The van der Waals surface area contributed by atoms with E-state index in [1.807, 2.05) is 6.92 Å². The van der Waals surface area contributed by atoms with Gasteiger partial charge in [-0.3, -0.25) is 0 Å². The first-order valence-corrected chi connectivity index (χ1v) is 7.26. The number of carbonyl (C=O) groups is 1. The van der Waals surface area contributed by atoms with Gasteiger partial charge in [-0.25, -0.2) is 0 Å². The van der Waals surface area contributed by atoms with Crippen molar-refractivity contribution in [1.29, 1.82) is 0 Å². The Balaban J connectivity index is 0.00000196. The molecule has 0 saturated carbocycles. The van der Waals surface area contributed by atoms with Crippen molar-refractivity contribution in [1.82, 2.24) is 5.32 Å². The van der Waals surface area contributed by atoms with E-state index in [0.717, 1.165) is 25.0 Å². The molecule has 0 aromatic carbocycles. The summed E-state index contributed by atoms with van der Waals surface area (Å²) in [6.45, 7) is 4.14. The van der Waals surface area contributed by atoms with Crippen LogP contribution in [0.4, 0.5) is 4.79 Å². The average Bonchev–Trinajstić information content (AvgIpc) is 2.17. The number of amides is 1. The van der Waals surface area contributed by atoms with Crippen LogP contribution in [0.25, 0.3) is 0 Å². The maximum absolute atomic E-state index is 10.6. The molecule has 1 amide bonds. The van der Waals surface area contributed by atoms with E-state index >= 15 is 0 Å². The van der Waals surface area contributed by atoms with E-state index in [1.165, 1.54) is 0 Å². The molecule has 15 heavy (non-hydrogen) atoms. The Labute approximate surface area is 121 Å². The Bertz CT molecular complexity index is 218. The monoisotopic (exact) mass is 257 g/mol. The predicted molar refractivity (Wildman–Crippen MR) is 60.0 cm³/mol. The fourth-order valence-electron chi connectivity index (χ4n) is 1.90. The number of hydrogen-bond donors (Lipinski definition) is 1. The molecule has 1 aliphatic heterocycles. The molecule has 1 saturated heterocycles. The van der Waals surface area contributed by atoms with Gasteiger partial charge in [0.05, 0.1) is 4.87 Å². The Morgan fingerprint density at radius 3 is 2.73 bits per heavy atom. The minimum absolute atomic E-state index is 0. The van der Waals surface area contributed by atoms with E-state index in [0.29, 0.717) is 5.92 Å². The van der Waals surface area contributed by atoms with Crippen LogP contribution in [0.2, 0.25) is 0 Å². The molecule has 82 valence electrons. The summed E-state index contributed by atoms with van der Waals surface area (Å²) in [6.07, 6.45) is 1.77. The molecule has 1 fully saturated rings. The summed E-state index contributed by atoms with van der Waals surface area (Å²) < 4.78 is 0. The first kappa shape index (κ1) is 16.0. The second-order valence-electron chi connectivity index (χ2n) is 3.45. The van der Waals surface area contributed by atoms with E-state index in [4.69, 9.17) is 0 Å². The van der Waals surface area contributed by atoms with Crippen LogP contribution >= 0.6 is 21.6 Å². The van der Waals surface area contributed by atoms with Crippen molar-refractivity contribution in [3.05, 3.63) is 0 Å². The third-order valence-corrected chi connectivity index (χ3v) is 6.04. The Hall–Kier alpha value is 0.970. The summed E-state index contributed by atoms with van der Waals surface area (Å²) in [4.78, 5) is 10.3. The first-order valence-electron chi connectivity index (χ1n) is 4.94. The molecule has 0 radical (unpaired) electrons. The van der Waals surface area contributed by atoms with E-state index in [1.54, 1.807) is 21.6 Å². The average molecular weight is 257 g/mol. The molecule has 1 aliphatic rings. The predicted octanol–water partition coefficient (Wildman–Crippen LogP) is -1.16. The Morgan fingerprint density at radius 1 is 1.60 bits per heavy atom. The molecule has 0 aromatic heterocycles. The molecule has 1 rings (SSSR count). The van der Waals surface area contributed by atoms with E-state index < -0.39 is 6.09 Å². The van der Waals surface area contributed by atoms with Crippen molar-refractivity contribution < 1.29 is 39.5 Å². The van der Waals surface area contributed by atoms with Crippen LogP contribution in [-0.4, -0.2) is 16.7 Å². The summed E-state index contributed by atoms with van der Waals surface area (Å²) in [6, 6.07) is 0. The topological polar surface area (TPSA) is 52.2 Å². The molecule has 6 heteroatoms. The summed E-state index contributed by atoms with van der Waals surface area (Å²) in [5.74, 6) is 1.54. The first-order chi connectivity index (χ1) is 6.64. The second kappa shape index (κ2) is 7.33. The fourth-order valence-corrected chi connectivity index (χ4v) is 5.30. The van der Waals surface area contributed by atoms with Crippen molar-refractivity contribution in [2.24, 2.45) is 5.92 Å². The van der Waals surface area contributed by atoms with Gasteiger partial charge >= 0.3 is 29.6 Å². The minimum Gasteiger partial charge on any atom is -0.530 e. The third-order valence-electron chi connectivity index (χ3n) is 2.75. The standard InChI is InChI=1S/C9H17NO2S2.Na/c1-3-7-5-6-13-14-9(7,4-2)10-8(11)12;/h7,10H,3-6H2,1-2H3,(H,11,12);/q;+1/p-1. The summed E-state index contributed by atoms with van der Waals surface area (Å²) in [5, 5.41) is 13.2. The number of hydrogen-bond acceptors (Lipinski definition) is 4. The maximum atomic E-state index is 10.6. The molecule has 0 spiro atoms. The number of carboxylic acid groups (broad SMARTS) is 1. The zero-order chi connectivity index (χ0) is 10.6. The molecule has 3 nitrogen and oxygen atoms in total. The molecule has 2 unspecified atom stereocenters. The molecule has 0 aliphatic carbocycles. The minimum atomic E-state index is -1.15. The van der Waals surface area contributed by atoms with Gasteiger partial charge in [0, 0.05) is 5.75 Å². The van der Waals surface area contributed by atoms with Crippen molar-refractivity contribution in [3.63, 3.8) is 0 Å². The molecule has 2 atom stereocenters. The summed E-state index contributed by atoms with van der Waals surface area (Å²) in [7, 11) is 3.41. The molecule has 0 bridgehead atoms. The van der Waals surface area contributed by atoms with Crippen LogP contribution in [0.5, 0.6) is 0 Å². The summed E-state index contributed by atoms with van der Waals surface area (Å²) in [5.41, 5.74) is 0. The number of carbonyl (C=O) groups excluding carboxylic acids is 1. The molecule has 1 N–H and O–H groups in total. The van der Waals surface area contributed by atoms with Crippen LogP contribution in [0.3, 0.4) is 0 Å². The van der Waals surface area contributed by atoms with Gasteiger partial charge in [0.15, 0.2) is 0 Å². The van der Waals surface area contributed by atoms with Crippen LogP contribution in [-0.2, 0) is 0 Å².